The highest BCUT2D eigenvalue weighted by Crippen LogP contribution is 2.18. The normalized spacial score (nSPS) is 10.1. The number of rotatable bonds is 5. The zero-order valence-corrected chi connectivity index (χ0v) is 9.80. The van der Waals surface area contributed by atoms with E-state index in [1.807, 2.05) is 30.3 Å². The summed E-state index contributed by atoms with van der Waals surface area (Å²) in [6, 6.07) is 14.2. The van der Waals surface area contributed by atoms with Gasteiger partial charge in [-0.05, 0) is 17.2 Å². The van der Waals surface area contributed by atoms with Gasteiger partial charge in [0.1, 0.15) is 24.5 Å². The first-order valence-corrected chi connectivity index (χ1v) is 5.68. The van der Waals surface area contributed by atoms with Gasteiger partial charge in [0.05, 0.1) is 0 Å². The highest BCUT2D eigenvalue weighted by Gasteiger charge is 2.04. The Morgan fingerprint density at radius 3 is 2.56 bits per heavy atom. The van der Waals surface area contributed by atoms with Crippen molar-refractivity contribution in [3.8, 4) is 5.75 Å². The Bertz CT molecular complexity index is 523. The number of hydrogen-bond acceptors (Lipinski definition) is 2. The van der Waals surface area contributed by atoms with Crippen LogP contribution in [0.25, 0.3) is 0 Å². The molecule has 0 aromatic heterocycles. The molecule has 0 bridgehead atoms. The summed E-state index contributed by atoms with van der Waals surface area (Å²) in [5, 5.41) is 0. The molecule has 2 aromatic rings. The lowest BCUT2D eigenvalue weighted by molar-refractivity contribution is -0.107. The van der Waals surface area contributed by atoms with Gasteiger partial charge >= 0.3 is 0 Å². The largest absolute Gasteiger partial charge is 0.489 e. The Kier molecular flexibility index (Phi) is 4.07. The average Bonchev–Trinajstić information content (AvgIpc) is 2.41. The van der Waals surface area contributed by atoms with Gasteiger partial charge in [0.25, 0.3) is 0 Å². The van der Waals surface area contributed by atoms with Gasteiger partial charge in [-0.3, -0.25) is 0 Å². The van der Waals surface area contributed by atoms with Crippen molar-refractivity contribution in [1.29, 1.82) is 0 Å². The van der Waals surface area contributed by atoms with Gasteiger partial charge in [0, 0.05) is 12.5 Å². The fraction of sp³-hybridized carbons (Fsp3) is 0.133. The molecule has 0 unspecified atom stereocenters. The second-order valence-corrected chi connectivity index (χ2v) is 3.90. The number of halogens is 1. The van der Waals surface area contributed by atoms with Gasteiger partial charge in [-0.1, -0.05) is 36.4 Å². The lowest BCUT2D eigenvalue weighted by Crippen LogP contribution is -1.97. The molecular weight excluding hydrogens is 231 g/mol. The fourth-order valence-corrected chi connectivity index (χ4v) is 1.61. The molecule has 92 valence electrons. The molecule has 2 rings (SSSR count). The van der Waals surface area contributed by atoms with Gasteiger partial charge in [0.2, 0.25) is 0 Å². The maximum absolute atomic E-state index is 13.5. The predicted octanol–water partition coefficient (Wildman–Crippen LogP) is 3.15. The maximum atomic E-state index is 13.5. The zero-order valence-electron chi connectivity index (χ0n) is 9.80. The number of ether oxygens (including phenoxy) is 1. The molecule has 0 aliphatic carbocycles. The summed E-state index contributed by atoms with van der Waals surface area (Å²) in [6.07, 6.45) is 0.772. The van der Waals surface area contributed by atoms with E-state index in [1.54, 1.807) is 12.1 Å². The van der Waals surface area contributed by atoms with E-state index in [2.05, 4.69) is 0 Å². The maximum Gasteiger partial charge on any atom is 0.130 e. The summed E-state index contributed by atoms with van der Waals surface area (Å²) in [5.41, 5.74) is 1.41. The van der Waals surface area contributed by atoms with Crippen LogP contribution >= 0.6 is 0 Å². The zero-order chi connectivity index (χ0) is 12.8. The topological polar surface area (TPSA) is 26.3 Å². The molecule has 0 heterocycles. The molecule has 0 fully saturated rings. The third-order valence-electron chi connectivity index (χ3n) is 2.58. The molecule has 0 atom stereocenters. The predicted molar refractivity (Wildman–Crippen MR) is 66.9 cm³/mol. The lowest BCUT2D eigenvalue weighted by Gasteiger charge is -2.07. The average molecular weight is 244 g/mol. The van der Waals surface area contributed by atoms with Crippen LogP contribution in [0.1, 0.15) is 11.1 Å². The third kappa shape index (κ3) is 3.17. The first-order chi connectivity index (χ1) is 8.79. The van der Waals surface area contributed by atoms with E-state index < -0.39 is 5.82 Å². The minimum absolute atomic E-state index is 0.0881. The molecule has 0 radical (unpaired) electrons. The first kappa shape index (κ1) is 12.3. The lowest BCUT2D eigenvalue weighted by atomic mass is 10.1. The summed E-state index contributed by atoms with van der Waals surface area (Å²) in [7, 11) is 0. The van der Waals surface area contributed by atoms with E-state index in [1.165, 1.54) is 6.07 Å². The summed E-state index contributed by atoms with van der Waals surface area (Å²) >= 11 is 0. The second-order valence-electron chi connectivity index (χ2n) is 3.90. The standard InChI is InChI=1S/C15H13FO2/c16-15-10-14(7-6-13(15)8-9-17)18-11-12-4-2-1-3-5-12/h1-7,9-10H,8,11H2. The number of carbonyl (C=O) groups excluding carboxylic acids is 1. The van der Waals surface area contributed by atoms with Crippen molar-refractivity contribution in [2.75, 3.05) is 0 Å². The monoisotopic (exact) mass is 244 g/mol. The van der Waals surface area contributed by atoms with Crippen molar-refractivity contribution >= 4 is 6.29 Å². The number of benzene rings is 2. The van der Waals surface area contributed by atoms with Crippen molar-refractivity contribution in [1.82, 2.24) is 0 Å². The molecule has 0 saturated carbocycles. The van der Waals surface area contributed by atoms with Crippen LogP contribution in [0.2, 0.25) is 0 Å². The van der Waals surface area contributed by atoms with Crippen LogP contribution in [-0.2, 0) is 17.8 Å². The van der Waals surface area contributed by atoms with E-state index >= 15 is 0 Å². The van der Waals surface area contributed by atoms with Crippen LogP contribution in [0.5, 0.6) is 5.75 Å². The Morgan fingerprint density at radius 1 is 1.11 bits per heavy atom. The second kappa shape index (κ2) is 5.96. The first-order valence-electron chi connectivity index (χ1n) is 5.68. The van der Waals surface area contributed by atoms with Crippen LogP contribution in [0, 0.1) is 5.82 Å². The van der Waals surface area contributed by atoms with Crippen molar-refractivity contribution in [3.05, 3.63) is 65.5 Å². The quantitative estimate of drug-likeness (QED) is 0.755. The van der Waals surface area contributed by atoms with Crippen molar-refractivity contribution in [2.45, 2.75) is 13.0 Å². The highest BCUT2D eigenvalue weighted by molar-refractivity contribution is 5.55. The van der Waals surface area contributed by atoms with Crippen LogP contribution in [0.3, 0.4) is 0 Å². The highest BCUT2D eigenvalue weighted by atomic mass is 19.1. The minimum Gasteiger partial charge on any atom is -0.489 e. The number of carbonyl (C=O) groups is 1. The van der Waals surface area contributed by atoms with E-state index in [-0.39, 0.29) is 6.42 Å². The van der Waals surface area contributed by atoms with Crippen LogP contribution < -0.4 is 4.74 Å². The van der Waals surface area contributed by atoms with Gasteiger partial charge in [-0.25, -0.2) is 4.39 Å². The van der Waals surface area contributed by atoms with Gasteiger partial charge in [-0.2, -0.15) is 0 Å². The summed E-state index contributed by atoms with van der Waals surface area (Å²) in [4.78, 5) is 10.3. The van der Waals surface area contributed by atoms with E-state index in [0.29, 0.717) is 24.2 Å². The molecule has 0 aliphatic rings. The summed E-state index contributed by atoms with van der Waals surface area (Å²) in [5.74, 6) is 0.0543. The Hall–Kier alpha value is -2.16. The fourth-order valence-electron chi connectivity index (χ4n) is 1.61. The smallest absolute Gasteiger partial charge is 0.130 e. The molecule has 2 aromatic carbocycles. The Labute approximate surface area is 105 Å². The molecule has 0 aliphatic heterocycles. The van der Waals surface area contributed by atoms with Gasteiger partial charge < -0.3 is 9.53 Å². The van der Waals surface area contributed by atoms with Crippen molar-refractivity contribution in [3.63, 3.8) is 0 Å². The Balaban J connectivity index is 2.02. The van der Waals surface area contributed by atoms with Crippen molar-refractivity contribution in [2.24, 2.45) is 0 Å². The van der Waals surface area contributed by atoms with E-state index in [9.17, 15) is 9.18 Å². The van der Waals surface area contributed by atoms with E-state index in [0.717, 1.165) is 5.56 Å². The van der Waals surface area contributed by atoms with Crippen LogP contribution in [0.4, 0.5) is 4.39 Å². The third-order valence-corrected chi connectivity index (χ3v) is 2.58. The molecular formula is C15H13FO2. The summed E-state index contributed by atoms with van der Waals surface area (Å²) in [6.45, 7) is 0.396. The molecule has 0 saturated heterocycles. The van der Waals surface area contributed by atoms with Crippen LogP contribution in [0.15, 0.2) is 48.5 Å². The van der Waals surface area contributed by atoms with Gasteiger partial charge in [-0.15, -0.1) is 0 Å². The summed E-state index contributed by atoms with van der Waals surface area (Å²) < 4.78 is 19.0. The molecule has 18 heavy (non-hydrogen) atoms. The molecule has 0 amide bonds. The molecule has 0 spiro atoms. The Morgan fingerprint density at radius 2 is 1.89 bits per heavy atom. The SMILES string of the molecule is O=CCc1ccc(OCc2ccccc2)cc1F. The van der Waals surface area contributed by atoms with E-state index in [4.69, 9.17) is 4.74 Å². The molecule has 2 nitrogen and oxygen atoms in total. The van der Waals surface area contributed by atoms with Crippen molar-refractivity contribution < 1.29 is 13.9 Å². The van der Waals surface area contributed by atoms with Crippen LogP contribution in [-0.4, -0.2) is 6.29 Å². The van der Waals surface area contributed by atoms with Gasteiger partial charge in [0.15, 0.2) is 0 Å². The molecule has 0 N–H and O–H groups in total. The number of aldehydes is 1. The minimum atomic E-state index is -0.410. The molecule has 3 heteroatoms. The number of hydrogen-bond donors (Lipinski definition) is 0.